The lowest BCUT2D eigenvalue weighted by Crippen LogP contribution is -2.41. The van der Waals surface area contributed by atoms with Crippen molar-refractivity contribution in [2.45, 2.75) is 19.8 Å². The van der Waals surface area contributed by atoms with Gasteiger partial charge in [0, 0.05) is 31.7 Å². The van der Waals surface area contributed by atoms with Crippen molar-refractivity contribution >= 4 is 29.9 Å². The van der Waals surface area contributed by atoms with Crippen molar-refractivity contribution in [1.82, 2.24) is 10.2 Å². The highest BCUT2D eigenvalue weighted by Gasteiger charge is 2.42. The topological polar surface area (TPSA) is 36.9 Å². The van der Waals surface area contributed by atoms with Gasteiger partial charge in [0.1, 0.15) is 6.54 Å². The predicted octanol–water partition coefficient (Wildman–Crippen LogP) is 1.32. The zero-order valence-corrected chi connectivity index (χ0v) is 13.3. The van der Waals surface area contributed by atoms with E-state index in [9.17, 15) is 0 Å². The average molecular weight is 363 g/mol. The monoisotopic (exact) mass is 363 g/mol. The van der Waals surface area contributed by atoms with Gasteiger partial charge in [-0.25, -0.2) is 4.99 Å². The number of nitrogens with zero attached hydrogens (tertiary/aromatic N) is 2. The van der Waals surface area contributed by atoms with E-state index in [1.807, 2.05) is 0 Å². The fourth-order valence-corrected chi connectivity index (χ4v) is 2.63. The Morgan fingerprint density at radius 1 is 1.56 bits per heavy atom. The summed E-state index contributed by atoms with van der Waals surface area (Å²) in [6, 6.07) is 0. The van der Waals surface area contributed by atoms with Crippen LogP contribution in [0.25, 0.3) is 0 Å². The Labute approximate surface area is 127 Å². The molecule has 1 unspecified atom stereocenters. The van der Waals surface area contributed by atoms with Gasteiger partial charge >= 0.3 is 0 Å². The second kappa shape index (κ2) is 7.19. The zero-order valence-electron chi connectivity index (χ0n) is 10.9. The maximum absolute atomic E-state index is 5.53. The summed E-state index contributed by atoms with van der Waals surface area (Å²) in [6.45, 7) is 7.31. The molecule has 2 heterocycles. The van der Waals surface area contributed by atoms with E-state index in [0.29, 0.717) is 12.0 Å². The third-order valence-corrected chi connectivity index (χ3v) is 3.58. The van der Waals surface area contributed by atoms with Crippen LogP contribution in [0.1, 0.15) is 19.8 Å². The van der Waals surface area contributed by atoms with Crippen molar-refractivity contribution in [3.05, 3.63) is 0 Å². The van der Waals surface area contributed by atoms with Crippen molar-refractivity contribution in [3.63, 3.8) is 0 Å². The van der Waals surface area contributed by atoms with E-state index in [1.54, 1.807) is 0 Å². The van der Waals surface area contributed by atoms with Gasteiger partial charge in [-0.05, 0) is 19.8 Å². The predicted molar refractivity (Wildman–Crippen MR) is 84.3 cm³/mol. The Morgan fingerprint density at radius 3 is 3.00 bits per heavy atom. The lowest BCUT2D eigenvalue weighted by atomic mass is 9.87. The largest absolute Gasteiger partial charge is 0.381 e. The molecule has 1 atom stereocenters. The molecule has 2 rings (SSSR count). The van der Waals surface area contributed by atoms with Crippen LogP contribution in [0.4, 0.5) is 0 Å². The first kappa shape index (κ1) is 15.6. The summed E-state index contributed by atoms with van der Waals surface area (Å²) in [7, 11) is 0. The molecule has 18 heavy (non-hydrogen) atoms. The van der Waals surface area contributed by atoms with Gasteiger partial charge in [0.05, 0.1) is 6.61 Å². The molecular formula is C13H22IN3O. The zero-order chi connectivity index (χ0) is 12.1. The number of halogens is 1. The van der Waals surface area contributed by atoms with Crippen molar-refractivity contribution < 1.29 is 4.74 Å². The number of hydrogen-bond acceptors (Lipinski definition) is 2. The molecule has 0 aromatic rings. The van der Waals surface area contributed by atoms with E-state index in [-0.39, 0.29) is 24.0 Å². The van der Waals surface area contributed by atoms with Crippen molar-refractivity contribution in [2.75, 3.05) is 39.4 Å². The molecule has 0 aromatic carbocycles. The van der Waals surface area contributed by atoms with Gasteiger partial charge < -0.3 is 15.0 Å². The molecule has 0 aliphatic carbocycles. The van der Waals surface area contributed by atoms with E-state index in [0.717, 1.165) is 38.8 Å². The maximum atomic E-state index is 5.53. The number of rotatable bonds is 2. The number of hydrogen-bond donors (Lipinski definition) is 1. The number of ether oxygens (including phenoxy) is 1. The summed E-state index contributed by atoms with van der Waals surface area (Å²) in [5, 5.41) is 3.31. The molecule has 0 radical (unpaired) electrons. The van der Waals surface area contributed by atoms with Crippen LogP contribution in [0.2, 0.25) is 0 Å². The number of aliphatic imine (C=N–C) groups is 1. The molecule has 0 bridgehead atoms. The third kappa shape index (κ3) is 3.51. The highest BCUT2D eigenvalue weighted by molar-refractivity contribution is 14.0. The minimum atomic E-state index is 0. The first-order chi connectivity index (χ1) is 8.29. The fourth-order valence-electron chi connectivity index (χ4n) is 2.63. The van der Waals surface area contributed by atoms with Crippen molar-refractivity contribution in [2.24, 2.45) is 10.4 Å². The summed E-state index contributed by atoms with van der Waals surface area (Å²) >= 11 is 0. The number of nitrogens with one attached hydrogen (secondary N) is 1. The van der Waals surface area contributed by atoms with Crippen LogP contribution in [0.3, 0.4) is 0 Å². The number of likely N-dealkylation sites (tertiary alicyclic amines) is 1. The van der Waals surface area contributed by atoms with Gasteiger partial charge in [0.25, 0.3) is 0 Å². The van der Waals surface area contributed by atoms with Crippen molar-refractivity contribution in [1.29, 1.82) is 0 Å². The molecule has 4 nitrogen and oxygen atoms in total. The highest BCUT2D eigenvalue weighted by atomic mass is 127. The molecule has 0 aromatic heterocycles. The maximum Gasteiger partial charge on any atom is 0.194 e. The molecule has 1 spiro atoms. The van der Waals surface area contributed by atoms with Crippen LogP contribution < -0.4 is 5.32 Å². The second-order valence-electron chi connectivity index (χ2n) is 4.85. The molecule has 5 heteroatoms. The van der Waals surface area contributed by atoms with Crippen LogP contribution in [-0.4, -0.2) is 50.3 Å². The summed E-state index contributed by atoms with van der Waals surface area (Å²) in [5.41, 5.74) is 0.367. The Bertz CT molecular complexity index is 332. The van der Waals surface area contributed by atoms with Crippen LogP contribution in [0.15, 0.2) is 4.99 Å². The van der Waals surface area contributed by atoms with E-state index in [1.165, 1.54) is 12.8 Å². The Hall–Kier alpha value is -0.480. The van der Waals surface area contributed by atoms with Crippen LogP contribution in [-0.2, 0) is 4.74 Å². The van der Waals surface area contributed by atoms with Gasteiger partial charge in [-0.3, -0.25) is 0 Å². The average Bonchev–Trinajstić information content (AvgIpc) is 2.96. The standard InChI is InChI=1S/C13H21N3O.HI/c1-3-7-15-12(14-4-2)16-8-5-13(10-16)6-9-17-11-13;/h1H,4-11H2,2H3,(H,14,15);1H. The highest BCUT2D eigenvalue weighted by Crippen LogP contribution is 2.38. The lowest BCUT2D eigenvalue weighted by molar-refractivity contribution is 0.156. The minimum absolute atomic E-state index is 0. The van der Waals surface area contributed by atoms with Crippen LogP contribution >= 0.6 is 24.0 Å². The Balaban J connectivity index is 0.00000162. The molecular weight excluding hydrogens is 341 g/mol. The van der Waals surface area contributed by atoms with E-state index in [2.05, 4.69) is 28.1 Å². The Kier molecular flexibility index (Phi) is 6.22. The third-order valence-electron chi connectivity index (χ3n) is 3.58. The van der Waals surface area contributed by atoms with Gasteiger partial charge in [0.2, 0.25) is 0 Å². The molecule has 0 saturated carbocycles. The quantitative estimate of drug-likeness (QED) is 0.348. The van der Waals surface area contributed by atoms with Gasteiger partial charge in [-0.2, -0.15) is 0 Å². The number of terminal acetylenes is 1. The van der Waals surface area contributed by atoms with E-state index in [4.69, 9.17) is 11.2 Å². The molecule has 0 amide bonds. The minimum Gasteiger partial charge on any atom is -0.381 e. The van der Waals surface area contributed by atoms with Gasteiger partial charge in [-0.1, -0.05) is 5.92 Å². The second-order valence-corrected chi connectivity index (χ2v) is 4.85. The first-order valence-electron chi connectivity index (χ1n) is 6.34. The summed E-state index contributed by atoms with van der Waals surface area (Å²) < 4.78 is 5.53. The molecule has 2 saturated heterocycles. The van der Waals surface area contributed by atoms with E-state index >= 15 is 0 Å². The molecule has 2 aliphatic heterocycles. The SMILES string of the molecule is C#CCN=C(NCC)N1CCC2(CCOC2)C1.I. The molecule has 1 N–H and O–H groups in total. The van der Waals surface area contributed by atoms with Crippen molar-refractivity contribution in [3.8, 4) is 12.3 Å². The normalized spacial score (nSPS) is 27.1. The van der Waals surface area contributed by atoms with E-state index < -0.39 is 0 Å². The summed E-state index contributed by atoms with van der Waals surface area (Å²) in [4.78, 5) is 6.74. The first-order valence-corrected chi connectivity index (χ1v) is 6.34. The Morgan fingerprint density at radius 2 is 2.39 bits per heavy atom. The molecule has 102 valence electrons. The number of guanidine groups is 1. The summed E-state index contributed by atoms with van der Waals surface area (Å²) in [6.07, 6.45) is 7.64. The molecule has 2 fully saturated rings. The smallest absolute Gasteiger partial charge is 0.194 e. The fraction of sp³-hybridized carbons (Fsp3) is 0.769. The molecule has 2 aliphatic rings. The van der Waals surface area contributed by atoms with Crippen LogP contribution in [0, 0.1) is 17.8 Å². The summed E-state index contributed by atoms with van der Waals surface area (Å²) in [5.74, 6) is 3.52. The van der Waals surface area contributed by atoms with Crippen LogP contribution in [0.5, 0.6) is 0 Å². The van der Waals surface area contributed by atoms with Gasteiger partial charge in [0.15, 0.2) is 5.96 Å². The lowest BCUT2D eigenvalue weighted by Gasteiger charge is -2.24. The van der Waals surface area contributed by atoms with Gasteiger partial charge in [-0.15, -0.1) is 30.4 Å².